The number of nitrogens with two attached hydrogens (primary N) is 1. The minimum absolute atomic E-state index is 0.00711. The van der Waals surface area contributed by atoms with Crippen molar-refractivity contribution in [3.8, 4) is 0 Å². The van der Waals surface area contributed by atoms with E-state index in [0.717, 1.165) is 57.8 Å². The molecule has 0 heterocycles. The molecule has 0 radical (unpaired) electrons. The summed E-state index contributed by atoms with van der Waals surface area (Å²) in [5, 5.41) is 31.3. The molecule has 320 valence electrons. The Balaban J connectivity index is 2.47. The topological polar surface area (TPSA) is 212 Å². The molecule has 0 aromatic heterocycles. The van der Waals surface area contributed by atoms with Crippen LogP contribution in [0.15, 0.2) is 24.3 Å². The van der Waals surface area contributed by atoms with E-state index < -0.39 is 62.6 Å². The average Bonchev–Trinajstić information content (AvgIpc) is 3.41. The first-order valence-electron chi connectivity index (χ1n) is 21.0. The number of hydrogen-bond acceptors (Lipinski definition) is 12. The number of ketones is 1. The molecule has 7 atom stereocenters. The van der Waals surface area contributed by atoms with E-state index >= 15 is 0 Å². The molecule has 1 aliphatic rings. The Morgan fingerprint density at radius 3 is 2.07 bits per heavy atom. The average molecular weight is 804 g/mol. The quantitative estimate of drug-likeness (QED) is 0.0186. The second kappa shape index (κ2) is 32.0. The van der Waals surface area contributed by atoms with E-state index in [1.807, 2.05) is 0 Å². The van der Waals surface area contributed by atoms with Gasteiger partial charge in [0.2, 0.25) is 0 Å². The van der Waals surface area contributed by atoms with Crippen LogP contribution in [0.25, 0.3) is 0 Å². The molecular formula is C41H74NO12P. The van der Waals surface area contributed by atoms with Crippen LogP contribution in [-0.4, -0.2) is 88.7 Å². The zero-order valence-corrected chi connectivity index (χ0v) is 34.6. The molecule has 1 saturated carbocycles. The lowest BCUT2D eigenvalue weighted by molar-refractivity contribution is -0.161. The Bertz CT molecular complexity index is 1130. The molecule has 0 bridgehead atoms. The molecule has 0 aromatic carbocycles. The Labute approximate surface area is 330 Å². The van der Waals surface area contributed by atoms with Gasteiger partial charge in [-0.05, 0) is 51.4 Å². The third-order valence-electron chi connectivity index (χ3n) is 9.79. The van der Waals surface area contributed by atoms with Crippen LogP contribution in [0.1, 0.15) is 155 Å². The molecule has 0 amide bonds. The maximum absolute atomic E-state index is 12.8. The summed E-state index contributed by atoms with van der Waals surface area (Å²) >= 11 is 0. The van der Waals surface area contributed by atoms with Crippen LogP contribution in [0.3, 0.4) is 0 Å². The summed E-state index contributed by atoms with van der Waals surface area (Å²) in [7, 11) is -4.48. The van der Waals surface area contributed by atoms with Gasteiger partial charge in [0.05, 0.1) is 31.5 Å². The number of aliphatic hydroxyl groups excluding tert-OH is 3. The highest BCUT2D eigenvalue weighted by molar-refractivity contribution is 7.47. The van der Waals surface area contributed by atoms with Gasteiger partial charge >= 0.3 is 19.8 Å². The van der Waals surface area contributed by atoms with E-state index in [1.165, 1.54) is 25.7 Å². The third kappa shape index (κ3) is 26.6. The number of aliphatic hydroxyl groups is 3. The van der Waals surface area contributed by atoms with Gasteiger partial charge in [0.1, 0.15) is 12.4 Å². The van der Waals surface area contributed by atoms with Gasteiger partial charge in [-0.3, -0.25) is 23.4 Å². The van der Waals surface area contributed by atoms with E-state index in [1.54, 1.807) is 12.2 Å². The molecular weight excluding hydrogens is 729 g/mol. The maximum Gasteiger partial charge on any atom is 0.472 e. The number of unbranched alkanes of at least 4 members (excludes halogenated alkanes) is 12. The fourth-order valence-electron chi connectivity index (χ4n) is 6.57. The number of phosphoric ester groups is 1. The minimum Gasteiger partial charge on any atom is -0.462 e. The maximum atomic E-state index is 12.8. The zero-order valence-electron chi connectivity index (χ0n) is 33.7. The van der Waals surface area contributed by atoms with Crippen LogP contribution >= 0.6 is 7.82 Å². The Morgan fingerprint density at radius 2 is 1.38 bits per heavy atom. The van der Waals surface area contributed by atoms with Crippen molar-refractivity contribution in [2.45, 2.75) is 180 Å². The molecule has 55 heavy (non-hydrogen) atoms. The molecule has 0 saturated heterocycles. The molecule has 14 heteroatoms. The first kappa shape index (κ1) is 51.1. The molecule has 13 nitrogen and oxygen atoms in total. The second-order valence-electron chi connectivity index (χ2n) is 14.8. The van der Waals surface area contributed by atoms with Crippen molar-refractivity contribution < 1.29 is 57.7 Å². The van der Waals surface area contributed by atoms with Gasteiger partial charge in [-0.25, -0.2) is 4.57 Å². The van der Waals surface area contributed by atoms with E-state index in [0.29, 0.717) is 25.7 Å². The molecule has 0 spiro atoms. The van der Waals surface area contributed by atoms with Gasteiger partial charge in [0.25, 0.3) is 0 Å². The van der Waals surface area contributed by atoms with Gasteiger partial charge in [0.15, 0.2) is 6.10 Å². The van der Waals surface area contributed by atoms with Crippen molar-refractivity contribution in [2.24, 2.45) is 17.6 Å². The van der Waals surface area contributed by atoms with Crippen LogP contribution in [0, 0.1) is 11.8 Å². The fraction of sp³-hybridized carbons (Fsp3) is 0.829. The number of esters is 2. The lowest BCUT2D eigenvalue weighted by Gasteiger charge is -2.20. The molecule has 1 fully saturated rings. The van der Waals surface area contributed by atoms with Gasteiger partial charge in [-0.1, -0.05) is 95.9 Å². The summed E-state index contributed by atoms with van der Waals surface area (Å²) in [6.07, 6.45) is 21.3. The van der Waals surface area contributed by atoms with Crippen LogP contribution < -0.4 is 5.73 Å². The van der Waals surface area contributed by atoms with E-state index in [-0.39, 0.29) is 57.6 Å². The highest BCUT2D eigenvalue weighted by atomic mass is 31.2. The van der Waals surface area contributed by atoms with E-state index in [2.05, 4.69) is 26.0 Å². The number of carbonyl (C=O) groups is 3. The molecule has 6 N–H and O–H groups in total. The predicted molar refractivity (Wildman–Crippen MR) is 213 cm³/mol. The lowest BCUT2D eigenvalue weighted by atomic mass is 9.87. The normalized spacial score (nSPS) is 20.9. The van der Waals surface area contributed by atoms with E-state index in [9.17, 15) is 39.2 Å². The van der Waals surface area contributed by atoms with Crippen molar-refractivity contribution in [1.29, 1.82) is 0 Å². The zero-order chi connectivity index (χ0) is 40.7. The number of Topliss-reactive ketones (excluding diaryl/α,β-unsaturated/α-hetero) is 1. The summed E-state index contributed by atoms with van der Waals surface area (Å²) in [6.45, 7) is 3.15. The van der Waals surface area contributed by atoms with Crippen LogP contribution in [0.5, 0.6) is 0 Å². The summed E-state index contributed by atoms with van der Waals surface area (Å²) in [4.78, 5) is 47.8. The molecule has 1 aliphatic carbocycles. The highest BCUT2D eigenvalue weighted by Crippen LogP contribution is 2.43. The minimum atomic E-state index is -4.48. The first-order chi connectivity index (χ1) is 26.4. The van der Waals surface area contributed by atoms with Crippen molar-refractivity contribution in [2.75, 3.05) is 26.4 Å². The van der Waals surface area contributed by atoms with Crippen molar-refractivity contribution in [3.05, 3.63) is 24.3 Å². The summed E-state index contributed by atoms with van der Waals surface area (Å²) in [5.41, 5.74) is 5.33. The Hall–Kier alpha value is -1.96. The van der Waals surface area contributed by atoms with Crippen molar-refractivity contribution in [1.82, 2.24) is 0 Å². The second-order valence-corrected chi connectivity index (χ2v) is 16.3. The van der Waals surface area contributed by atoms with Crippen LogP contribution in [-0.2, 0) is 37.5 Å². The van der Waals surface area contributed by atoms with Gasteiger partial charge in [0, 0.05) is 50.5 Å². The molecule has 1 unspecified atom stereocenters. The number of carbonyl (C=O) groups excluding carboxylic acids is 3. The van der Waals surface area contributed by atoms with Gasteiger partial charge in [-0.15, -0.1) is 0 Å². The Kier molecular flexibility index (Phi) is 29.8. The fourth-order valence-corrected chi connectivity index (χ4v) is 7.33. The van der Waals surface area contributed by atoms with Gasteiger partial charge in [-0.2, -0.15) is 0 Å². The summed E-state index contributed by atoms with van der Waals surface area (Å²) < 4.78 is 32.6. The molecule has 1 rings (SSSR count). The largest absolute Gasteiger partial charge is 0.472 e. The van der Waals surface area contributed by atoms with E-state index in [4.69, 9.17) is 24.3 Å². The SMILES string of the molecule is CCCCCC/C=C\CCCCCCCC(=O)OC[C@H](COP(=O)(O)OCCN)OC(=O)CCCCC(=O)C[C@@H]1[C@@H](/C=C/[C@@H](O)CCCCC)[C@H](O)C[C@@H]1O. The van der Waals surface area contributed by atoms with Gasteiger partial charge < -0.3 is 35.4 Å². The lowest BCUT2D eigenvalue weighted by Crippen LogP contribution is -2.29. The Morgan fingerprint density at radius 1 is 0.782 bits per heavy atom. The van der Waals surface area contributed by atoms with Crippen LogP contribution in [0.4, 0.5) is 0 Å². The predicted octanol–water partition coefficient (Wildman–Crippen LogP) is 7.17. The number of rotatable bonds is 35. The third-order valence-corrected chi connectivity index (χ3v) is 10.8. The first-order valence-corrected chi connectivity index (χ1v) is 22.5. The molecule has 0 aliphatic heterocycles. The summed E-state index contributed by atoms with van der Waals surface area (Å²) in [6, 6.07) is 0. The summed E-state index contributed by atoms with van der Waals surface area (Å²) in [5.74, 6) is -2.14. The van der Waals surface area contributed by atoms with Crippen molar-refractivity contribution >= 4 is 25.5 Å². The number of hydrogen-bond donors (Lipinski definition) is 5. The standard InChI is InChI=1S/C41H74NO12P/c1-3-5-7-8-9-10-11-12-13-14-15-16-18-23-40(47)51-31-35(32-53-55(49,50)52-28-27-42)54-41(48)24-20-19-22-34(44)29-37-36(38(45)30-39(37)46)26-25-33(43)21-17-6-4-2/h10-11,25-26,33,35-39,43,45-46H,3-9,12-24,27-32,42H2,1-2H3,(H,49,50)/b11-10-,26-25+/t33-,35+,36+,37+,38+,39-/m0/s1. The van der Waals surface area contributed by atoms with Crippen molar-refractivity contribution in [3.63, 3.8) is 0 Å². The van der Waals surface area contributed by atoms with Crippen LogP contribution in [0.2, 0.25) is 0 Å². The molecule has 0 aromatic rings. The number of ether oxygens (including phenoxy) is 2. The monoisotopic (exact) mass is 803 g/mol. The number of phosphoric acid groups is 1. The highest BCUT2D eigenvalue weighted by Gasteiger charge is 2.41. The smallest absolute Gasteiger partial charge is 0.462 e. The number of allylic oxidation sites excluding steroid dienone is 2.